The van der Waals surface area contributed by atoms with Crippen LogP contribution in [0.3, 0.4) is 0 Å². The zero-order valence-corrected chi connectivity index (χ0v) is 11.2. The molecule has 1 aliphatic rings. The SMILES string of the molecule is CCN(CC1CCOC1)C(=O)c1cc(F)c(F)c(F)c1. The Morgan fingerprint density at radius 1 is 1.35 bits per heavy atom. The molecule has 0 aliphatic carbocycles. The molecule has 0 saturated carbocycles. The molecule has 1 atom stereocenters. The fraction of sp³-hybridized carbons (Fsp3) is 0.500. The van der Waals surface area contributed by atoms with Gasteiger partial charge in [-0.15, -0.1) is 0 Å². The van der Waals surface area contributed by atoms with Crippen LogP contribution in [0.2, 0.25) is 0 Å². The standard InChI is InChI=1S/C14H16F3NO2/c1-2-18(7-9-3-4-20-8-9)14(19)10-5-11(15)13(17)12(16)6-10/h5-6,9H,2-4,7-8H2,1H3. The Hall–Kier alpha value is -1.56. The quantitative estimate of drug-likeness (QED) is 0.797. The van der Waals surface area contributed by atoms with Gasteiger partial charge in [-0.2, -0.15) is 0 Å². The molecule has 6 heteroatoms. The molecule has 0 radical (unpaired) electrons. The second-order valence-electron chi connectivity index (χ2n) is 4.83. The molecule has 110 valence electrons. The van der Waals surface area contributed by atoms with Crippen molar-refractivity contribution in [2.75, 3.05) is 26.3 Å². The zero-order valence-electron chi connectivity index (χ0n) is 11.2. The van der Waals surface area contributed by atoms with E-state index in [4.69, 9.17) is 4.74 Å². The summed E-state index contributed by atoms with van der Waals surface area (Å²) >= 11 is 0. The third-order valence-corrected chi connectivity index (χ3v) is 3.40. The molecule has 0 bridgehead atoms. The Morgan fingerprint density at radius 2 is 2.00 bits per heavy atom. The van der Waals surface area contributed by atoms with Crippen molar-refractivity contribution in [3.8, 4) is 0 Å². The van der Waals surface area contributed by atoms with Gasteiger partial charge >= 0.3 is 0 Å². The highest BCUT2D eigenvalue weighted by Crippen LogP contribution is 2.18. The molecule has 0 N–H and O–H groups in total. The van der Waals surface area contributed by atoms with Crippen LogP contribution in [0.15, 0.2) is 12.1 Å². The van der Waals surface area contributed by atoms with Crippen LogP contribution in [0.1, 0.15) is 23.7 Å². The van der Waals surface area contributed by atoms with E-state index in [-0.39, 0.29) is 11.5 Å². The Bertz CT molecular complexity index is 478. The topological polar surface area (TPSA) is 29.5 Å². The third kappa shape index (κ3) is 3.12. The fourth-order valence-corrected chi connectivity index (χ4v) is 2.26. The molecular formula is C14H16F3NO2. The minimum absolute atomic E-state index is 0.179. The smallest absolute Gasteiger partial charge is 0.254 e. The van der Waals surface area contributed by atoms with Crippen LogP contribution in [-0.2, 0) is 4.74 Å². The molecule has 0 aromatic heterocycles. The summed E-state index contributed by atoms with van der Waals surface area (Å²) in [5.74, 6) is -4.54. The Morgan fingerprint density at radius 3 is 2.50 bits per heavy atom. The molecule has 1 aromatic rings. The van der Waals surface area contributed by atoms with Gasteiger partial charge in [-0.25, -0.2) is 13.2 Å². The average molecular weight is 287 g/mol. The minimum atomic E-state index is -1.56. The van der Waals surface area contributed by atoms with Gasteiger partial charge in [0.15, 0.2) is 17.5 Å². The second kappa shape index (κ2) is 6.26. The van der Waals surface area contributed by atoms with E-state index in [0.29, 0.717) is 26.3 Å². The van der Waals surface area contributed by atoms with Crippen molar-refractivity contribution < 1.29 is 22.7 Å². The predicted octanol–water partition coefficient (Wildman–Crippen LogP) is 2.60. The van der Waals surface area contributed by atoms with E-state index in [0.717, 1.165) is 18.6 Å². The summed E-state index contributed by atoms with van der Waals surface area (Å²) < 4.78 is 44.5. The summed E-state index contributed by atoms with van der Waals surface area (Å²) in [6, 6.07) is 1.46. The summed E-state index contributed by atoms with van der Waals surface area (Å²) in [7, 11) is 0. The van der Waals surface area contributed by atoms with E-state index < -0.39 is 23.4 Å². The first-order chi connectivity index (χ1) is 9.52. The number of rotatable bonds is 4. The number of hydrogen-bond acceptors (Lipinski definition) is 2. The van der Waals surface area contributed by atoms with Crippen molar-refractivity contribution in [2.45, 2.75) is 13.3 Å². The number of hydrogen-bond donors (Lipinski definition) is 0. The fourth-order valence-electron chi connectivity index (χ4n) is 2.26. The normalized spacial score (nSPS) is 18.3. The maximum absolute atomic E-state index is 13.2. The largest absolute Gasteiger partial charge is 0.381 e. The molecular weight excluding hydrogens is 271 g/mol. The Labute approximate surface area is 115 Å². The zero-order chi connectivity index (χ0) is 14.7. The van der Waals surface area contributed by atoms with Crippen LogP contribution in [0.4, 0.5) is 13.2 Å². The van der Waals surface area contributed by atoms with Crippen molar-refractivity contribution in [1.82, 2.24) is 4.90 Å². The van der Waals surface area contributed by atoms with Gasteiger partial charge in [0.25, 0.3) is 5.91 Å². The molecule has 3 nitrogen and oxygen atoms in total. The summed E-state index contributed by atoms with van der Waals surface area (Å²) in [6.45, 7) is 3.90. The van der Waals surface area contributed by atoms with Crippen LogP contribution in [-0.4, -0.2) is 37.1 Å². The average Bonchev–Trinajstić information content (AvgIpc) is 2.93. The van der Waals surface area contributed by atoms with Crippen molar-refractivity contribution >= 4 is 5.91 Å². The van der Waals surface area contributed by atoms with E-state index in [9.17, 15) is 18.0 Å². The van der Waals surface area contributed by atoms with E-state index in [1.165, 1.54) is 4.90 Å². The maximum atomic E-state index is 13.2. The molecule has 1 saturated heterocycles. The lowest BCUT2D eigenvalue weighted by atomic mass is 10.1. The maximum Gasteiger partial charge on any atom is 0.254 e. The number of benzene rings is 1. The van der Waals surface area contributed by atoms with E-state index in [1.807, 2.05) is 0 Å². The molecule has 2 rings (SSSR count). The number of nitrogens with zero attached hydrogens (tertiary/aromatic N) is 1. The molecule has 20 heavy (non-hydrogen) atoms. The van der Waals surface area contributed by atoms with E-state index in [1.54, 1.807) is 6.92 Å². The van der Waals surface area contributed by atoms with Crippen LogP contribution >= 0.6 is 0 Å². The minimum Gasteiger partial charge on any atom is -0.381 e. The molecule has 1 unspecified atom stereocenters. The van der Waals surface area contributed by atoms with Gasteiger partial charge < -0.3 is 9.64 Å². The van der Waals surface area contributed by atoms with Crippen LogP contribution in [0.25, 0.3) is 0 Å². The first kappa shape index (κ1) is 14.8. The van der Waals surface area contributed by atoms with Crippen molar-refractivity contribution in [3.05, 3.63) is 35.1 Å². The van der Waals surface area contributed by atoms with Gasteiger partial charge in [-0.1, -0.05) is 0 Å². The molecule has 1 heterocycles. The molecule has 1 fully saturated rings. The monoisotopic (exact) mass is 287 g/mol. The lowest BCUT2D eigenvalue weighted by Crippen LogP contribution is -2.35. The van der Waals surface area contributed by atoms with Gasteiger partial charge in [0.2, 0.25) is 0 Å². The van der Waals surface area contributed by atoms with E-state index >= 15 is 0 Å². The summed E-state index contributed by atoms with van der Waals surface area (Å²) in [5, 5.41) is 0. The van der Waals surface area contributed by atoms with Gasteiger partial charge in [-0.3, -0.25) is 4.79 Å². The molecule has 1 aromatic carbocycles. The van der Waals surface area contributed by atoms with Gasteiger partial charge in [0.05, 0.1) is 6.61 Å². The predicted molar refractivity (Wildman–Crippen MR) is 66.8 cm³/mol. The van der Waals surface area contributed by atoms with Gasteiger partial charge in [-0.05, 0) is 25.5 Å². The lowest BCUT2D eigenvalue weighted by molar-refractivity contribution is 0.0729. The highest BCUT2D eigenvalue weighted by Gasteiger charge is 2.24. The lowest BCUT2D eigenvalue weighted by Gasteiger charge is -2.23. The number of amides is 1. The van der Waals surface area contributed by atoms with Crippen LogP contribution in [0, 0.1) is 23.4 Å². The molecule has 0 spiro atoms. The number of carbonyl (C=O) groups excluding carboxylic acids is 1. The highest BCUT2D eigenvalue weighted by atomic mass is 19.2. The van der Waals surface area contributed by atoms with Gasteiger partial charge in [0, 0.05) is 31.2 Å². The number of halogens is 3. The van der Waals surface area contributed by atoms with Crippen LogP contribution in [0.5, 0.6) is 0 Å². The summed E-state index contributed by atoms with van der Waals surface area (Å²) in [6.07, 6.45) is 0.857. The highest BCUT2D eigenvalue weighted by molar-refractivity contribution is 5.94. The van der Waals surface area contributed by atoms with Crippen molar-refractivity contribution in [3.63, 3.8) is 0 Å². The van der Waals surface area contributed by atoms with Gasteiger partial charge in [0.1, 0.15) is 0 Å². The summed E-state index contributed by atoms with van der Waals surface area (Å²) in [5.41, 5.74) is -0.179. The first-order valence-electron chi connectivity index (χ1n) is 6.54. The van der Waals surface area contributed by atoms with Crippen molar-refractivity contribution in [2.24, 2.45) is 5.92 Å². The van der Waals surface area contributed by atoms with E-state index in [2.05, 4.69) is 0 Å². The second-order valence-corrected chi connectivity index (χ2v) is 4.83. The molecule has 1 amide bonds. The van der Waals surface area contributed by atoms with Crippen molar-refractivity contribution in [1.29, 1.82) is 0 Å². The van der Waals surface area contributed by atoms with Crippen LogP contribution < -0.4 is 0 Å². The number of ether oxygens (including phenoxy) is 1. The Kier molecular flexibility index (Phi) is 4.65. The first-order valence-corrected chi connectivity index (χ1v) is 6.54. The third-order valence-electron chi connectivity index (χ3n) is 3.40. The Balaban J connectivity index is 2.15. The number of carbonyl (C=O) groups is 1. The molecule has 1 aliphatic heterocycles. The summed E-state index contributed by atoms with van der Waals surface area (Å²) in [4.78, 5) is 13.7.